The van der Waals surface area contributed by atoms with E-state index >= 15 is 0 Å². The lowest BCUT2D eigenvalue weighted by atomic mass is 10.3. The predicted octanol–water partition coefficient (Wildman–Crippen LogP) is 2.90. The molecule has 0 atom stereocenters. The Morgan fingerprint density at radius 1 is 1.64 bits per heavy atom. The number of hydrogen-bond acceptors (Lipinski definition) is 3. The smallest absolute Gasteiger partial charge is 0.322 e. The second-order valence-electron chi connectivity index (χ2n) is 2.40. The summed E-state index contributed by atoms with van der Waals surface area (Å²) in [5.41, 5.74) is -0.601. The van der Waals surface area contributed by atoms with Crippen molar-refractivity contribution in [2.24, 2.45) is 0 Å². The van der Waals surface area contributed by atoms with Gasteiger partial charge in [0.1, 0.15) is 10.2 Å². The van der Waals surface area contributed by atoms with Crippen molar-refractivity contribution < 1.29 is 14.1 Å². The number of ether oxygens (including phenoxy) is 1. The van der Waals surface area contributed by atoms with E-state index in [0.29, 0.717) is 6.61 Å². The fraction of sp³-hybridized carbons (Fsp3) is 0.250. The highest BCUT2D eigenvalue weighted by Crippen LogP contribution is 2.35. The van der Waals surface area contributed by atoms with E-state index in [0.717, 1.165) is 6.07 Å². The molecule has 0 heterocycles. The summed E-state index contributed by atoms with van der Waals surface area (Å²) in [6.45, 7) is 2.10. The summed E-state index contributed by atoms with van der Waals surface area (Å²) >= 11 is 2.93. The first-order valence-electron chi connectivity index (χ1n) is 3.83. The molecule has 6 heteroatoms. The number of nitro benzene ring substituents is 1. The van der Waals surface area contributed by atoms with E-state index in [1.807, 2.05) is 0 Å². The first-order valence-corrected chi connectivity index (χ1v) is 4.62. The van der Waals surface area contributed by atoms with Crippen LogP contribution in [0.4, 0.5) is 10.1 Å². The summed E-state index contributed by atoms with van der Waals surface area (Å²) in [6, 6.07) is 2.35. The van der Waals surface area contributed by atoms with Gasteiger partial charge in [-0.3, -0.25) is 10.1 Å². The Hall–Kier alpha value is -1.17. The third kappa shape index (κ3) is 2.01. The summed E-state index contributed by atoms with van der Waals surface area (Å²) < 4.78 is 18.1. The summed E-state index contributed by atoms with van der Waals surface area (Å²) in [6.07, 6.45) is 0. The van der Waals surface area contributed by atoms with Crippen LogP contribution in [-0.2, 0) is 0 Å². The zero-order valence-corrected chi connectivity index (χ0v) is 8.88. The van der Waals surface area contributed by atoms with Crippen LogP contribution in [-0.4, -0.2) is 11.5 Å². The number of nitrogens with zero attached hydrogens (tertiary/aromatic N) is 1. The van der Waals surface area contributed by atoms with Crippen LogP contribution < -0.4 is 4.74 Å². The van der Waals surface area contributed by atoms with Crippen molar-refractivity contribution in [1.29, 1.82) is 0 Å². The Bertz CT molecular complexity index is 370. The number of benzene rings is 1. The molecule has 0 unspecified atom stereocenters. The molecule has 0 spiro atoms. The zero-order valence-electron chi connectivity index (χ0n) is 7.29. The molecule has 76 valence electrons. The molecule has 0 aliphatic carbocycles. The average Bonchev–Trinajstić information content (AvgIpc) is 2.10. The summed E-state index contributed by atoms with van der Waals surface area (Å²) in [4.78, 5) is 9.69. The molecule has 0 saturated carbocycles. The van der Waals surface area contributed by atoms with Crippen LogP contribution in [0.25, 0.3) is 0 Å². The Morgan fingerprint density at radius 3 is 2.79 bits per heavy atom. The first-order chi connectivity index (χ1) is 6.57. The Kier molecular flexibility index (Phi) is 3.40. The highest BCUT2D eigenvalue weighted by Gasteiger charge is 2.22. The van der Waals surface area contributed by atoms with Crippen LogP contribution in [0.3, 0.4) is 0 Å². The topological polar surface area (TPSA) is 52.4 Å². The molecule has 1 rings (SSSR count). The second-order valence-corrected chi connectivity index (χ2v) is 3.19. The van der Waals surface area contributed by atoms with Gasteiger partial charge in [0.05, 0.1) is 11.5 Å². The van der Waals surface area contributed by atoms with Gasteiger partial charge in [0.25, 0.3) is 0 Å². The van der Waals surface area contributed by atoms with Crippen LogP contribution in [0, 0.1) is 15.9 Å². The van der Waals surface area contributed by atoms with Crippen molar-refractivity contribution in [1.82, 2.24) is 0 Å². The normalized spacial score (nSPS) is 9.93. The molecule has 0 aliphatic heterocycles. The minimum Gasteiger partial charge on any atom is -0.492 e. The van der Waals surface area contributed by atoms with Gasteiger partial charge in [0, 0.05) is 0 Å². The van der Waals surface area contributed by atoms with Gasteiger partial charge in [-0.25, -0.2) is 0 Å². The number of halogens is 2. The summed E-state index contributed by atoms with van der Waals surface area (Å²) in [5.74, 6) is -0.620. The van der Waals surface area contributed by atoms with Crippen LogP contribution in [0.5, 0.6) is 5.75 Å². The molecule has 4 nitrogen and oxygen atoms in total. The van der Waals surface area contributed by atoms with E-state index in [1.54, 1.807) is 6.92 Å². The first kappa shape index (κ1) is 10.9. The van der Waals surface area contributed by atoms with E-state index in [2.05, 4.69) is 15.9 Å². The van der Waals surface area contributed by atoms with Gasteiger partial charge in [-0.2, -0.15) is 4.39 Å². The van der Waals surface area contributed by atoms with Gasteiger partial charge in [-0.1, -0.05) is 0 Å². The van der Waals surface area contributed by atoms with Crippen LogP contribution >= 0.6 is 15.9 Å². The number of hydrogen-bond donors (Lipinski definition) is 0. The molecule has 0 saturated heterocycles. The van der Waals surface area contributed by atoms with E-state index < -0.39 is 16.4 Å². The average molecular weight is 264 g/mol. The van der Waals surface area contributed by atoms with E-state index in [9.17, 15) is 14.5 Å². The highest BCUT2D eigenvalue weighted by atomic mass is 79.9. The van der Waals surface area contributed by atoms with Gasteiger partial charge < -0.3 is 4.74 Å². The quantitative estimate of drug-likeness (QED) is 0.623. The molecule has 0 aromatic heterocycles. The van der Waals surface area contributed by atoms with Crippen molar-refractivity contribution in [3.05, 3.63) is 32.5 Å². The van der Waals surface area contributed by atoms with Crippen molar-refractivity contribution >= 4 is 21.6 Å². The van der Waals surface area contributed by atoms with Crippen molar-refractivity contribution in [2.45, 2.75) is 6.92 Å². The SMILES string of the molecule is CCOc1ccc(F)c([N+](=O)[O-])c1Br. The third-order valence-electron chi connectivity index (χ3n) is 1.51. The van der Waals surface area contributed by atoms with Crippen molar-refractivity contribution in [2.75, 3.05) is 6.61 Å². The molecule has 0 radical (unpaired) electrons. The maximum absolute atomic E-state index is 13.0. The summed E-state index contributed by atoms with van der Waals surface area (Å²) in [5, 5.41) is 10.5. The molecule has 0 aliphatic rings. The Balaban J connectivity index is 3.26. The van der Waals surface area contributed by atoms with Gasteiger partial charge >= 0.3 is 5.69 Å². The fourth-order valence-electron chi connectivity index (χ4n) is 0.957. The van der Waals surface area contributed by atoms with Crippen molar-refractivity contribution in [3.63, 3.8) is 0 Å². The third-order valence-corrected chi connectivity index (χ3v) is 2.28. The summed E-state index contributed by atoms with van der Waals surface area (Å²) in [7, 11) is 0. The minimum absolute atomic E-state index is 0.0318. The van der Waals surface area contributed by atoms with Gasteiger partial charge in [0.2, 0.25) is 5.82 Å². The van der Waals surface area contributed by atoms with Crippen LogP contribution in [0.2, 0.25) is 0 Å². The van der Waals surface area contributed by atoms with E-state index in [4.69, 9.17) is 4.74 Å². The maximum atomic E-state index is 13.0. The van der Waals surface area contributed by atoms with Gasteiger partial charge in [-0.15, -0.1) is 0 Å². The van der Waals surface area contributed by atoms with E-state index in [-0.39, 0.29) is 10.2 Å². The number of rotatable bonds is 3. The highest BCUT2D eigenvalue weighted by molar-refractivity contribution is 9.10. The standard InChI is InChI=1S/C8H7BrFNO3/c1-2-14-6-4-3-5(10)8(7(6)9)11(12)13/h3-4H,2H2,1H3. The second kappa shape index (κ2) is 4.36. The lowest BCUT2D eigenvalue weighted by Crippen LogP contribution is -1.98. The maximum Gasteiger partial charge on any atom is 0.322 e. The molecular weight excluding hydrogens is 257 g/mol. The molecule has 0 fully saturated rings. The van der Waals surface area contributed by atoms with Crippen LogP contribution in [0.1, 0.15) is 6.92 Å². The lowest BCUT2D eigenvalue weighted by Gasteiger charge is -2.05. The van der Waals surface area contributed by atoms with Gasteiger partial charge in [-0.05, 0) is 35.0 Å². The molecule has 1 aromatic rings. The van der Waals surface area contributed by atoms with E-state index in [1.165, 1.54) is 6.07 Å². The monoisotopic (exact) mass is 263 g/mol. The predicted molar refractivity (Wildman–Crippen MR) is 51.9 cm³/mol. The largest absolute Gasteiger partial charge is 0.492 e. The molecule has 14 heavy (non-hydrogen) atoms. The molecule has 1 aromatic carbocycles. The fourth-order valence-corrected chi connectivity index (χ4v) is 1.54. The molecular formula is C8H7BrFNO3. The lowest BCUT2D eigenvalue weighted by molar-refractivity contribution is -0.388. The minimum atomic E-state index is -0.884. The zero-order chi connectivity index (χ0) is 10.7. The van der Waals surface area contributed by atoms with Gasteiger partial charge in [0.15, 0.2) is 0 Å². The Labute approximate surface area is 88.0 Å². The number of nitro groups is 1. The molecule has 0 N–H and O–H groups in total. The molecule has 0 amide bonds. The van der Waals surface area contributed by atoms with Crippen molar-refractivity contribution in [3.8, 4) is 5.75 Å². The Morgan fingerprint density at radius 2 is 2.29 bits per heavy atom. The molecule has 0 bridgehead atoms. The van der Waals surface area contributed by atoms with Crippen LogP contribution in [0.15, 0.2) is 16.6 Å².